The lowest BCUT2D eigenvalue weighted by molar-refractivity contribution is 0.389. The molecule has 14 heavy (non-hydrogen) atoms. The Bertz CT molecular complexity index is 375. The Morgan fingerprint density at radius 2 is 2.21 bits per heavy atom. The van der Waals surface area contributed by atoms with Crippen LogP contribution in [0.2, 0.25) is 0 Å². The SMILES string of the molecule is COc1cc(Br)c(O)c(F)c1C1CC1. The molecule has 1 N–H and O–H groups in total. The highest BCUT2D eigenvalue weighted by Crippen LogP contribution is 2.48. The zero-order valence-electron chi connectivity index (χ0n) is 7.68. The molecule has 1 fully saturated rings. The molecule has 4 heteroatoms. The number of methoxy groups -OCH3 is 1. The summed E-state index contributed by atoms with van der Waals surface area (Å²) in [5.41, 5.74) is 0.508. The molecule has 0 spiro atoms. The summed E-state index contributed by atoms with van der Waals surface area (Å²) in [6.07, 6.45) is 1.93. The first-order chi connectivity index (χ1) is 6.65. The van der Waals surface area contributed by atoms with Gasteiger partial charge in [-0.2, -0.15) is 0 Å². The first-order valence-electron chi connectivity index (χ1n) is 4.40. The Balaban J connectivity index is 2.59. The van der Waals surface area contributed by atoms with Gasteiger partial charge in [-0.25, -0.2) is 4.39 Å². The van der Waals surface area contributed by atoms with Gasteiger partial charge in [-0.05, 0) is 40.8 Å². The fourth-order valence-corrected chi connectivity index (χ4v) is 1.91. The first-order valence-corrected chi connectivity index (χ1v) is 5.19. The van der Waals surface area contributed by atoms with Gasteiger partial charge in [-0.3, -0.25) is 0 Å². The highest BCUT2D eigenvalue weighted by atomic mass is 79.9. The van der Waals surface area contributed by atoms with Gasteiger partial charge in [0.05, 0.1) is 11.6 Å². The van der Waals surface area contributed by atoms with E-state index in [4.69, 9.17) is 4.74 Å². The molecule has 0 heterocycles. The zero-order valence-corrected chi connectivity index (χ0v) is 9.27. The number of aromatic hydroxyl groups is 1. The van der Waals surface area contributed by atoms with Gasteiger partial charge in [0.25, 0.3) is 0 Å². The third kappa shape index (κ3) is 1.47. The van der Waals surface area contributed by atoms with E-state index >= 15 is 0 Å². The summed E-state index contributed by atoms with van der Waals surface area (Å²) in [5, 5.41) is 9.41. The number of phenols is 1. The smallest absolute Gasteiger partial charge is 0.173 e. The van der Waals surface area contributed by atoms with E-state index in [0.717, 1.165) is 12.8 Å². The van der Waals surface area contributed by atoms with E-state index in [1.54, 1.807) is 6.07 Å². The van der Waals surface area contributed by atoms with Gasteiger partial charge in [-0.1, -0.05) is 0 Å². The second kappa shape index (κ2) is 3.42. The van der Waals surface area contributed by atoms with Crippen LogP contribution in [0, 0.1) is 5.82 Å². The molecule has 1 saturated carbocycles. The van der Waals surface area contributed by atoms with Crippen LogP contribution in [0.5, 0.6) is 11.5 Å². The van der Waals surface area contributed by atoms with E-state index in [0.29, 0.717) is 15.8 Å². The van der Waals surface area contributed by atoms with Gasteiger partial charge < -0.3 is 9.84 Å². The molecule has 0 saturated heterocycles. The number of hydrogen-bond acceptors (Lipinski definition) is 2. The molecule has 1 aromatic rings. The maximum atomic E-state index is 13.6. The fourth-order valence-electron chi connectivity index (χ4n) is 1.52. The summed E-state index contributed by atoms with van der Waals surface area (Å²) in [6.45, 7) is 0. The van der Waals surface area contributed by atoms with Crippen LogP contribution in [-0.4, -0.2) is 12.2 Å². The van der Waals surface area contributed by atoms with Crippen molar-refractivity contribution in [2.45, 2.75) is 18.8 Å². The standard InChI is InChI=1S/C10H10BrFO2/c1-14-7-4-6(11)10(13)9(12)8(7)5-2-3-5/h4-5,13H,2-3H2,1H3. The number of rotatable bonds is 2. The van der Waals surface area contributed by atoms with Gasteiger partial charge in [0, 0.05) is 5.56 Å². The summed E-state index contributed by atoms with van der Waals surface area (Å²) in [5.74, 6) is -0.162. The largest absolute Gasteiger partial charge is 0.504 e. The van der Waals surface area contributed by atoms with Crippen molar-refractivity contribution < 1.29 is 14.2 Å². The summed E-state index contributed by atoms with van der Waals surface area (Å²) in [6, 6.07) is 1.60. The molecule has 0 unspecified atom stereocenters. The van der Waals surface area contributed by atoms with Gasteiger partial charge in [0.15, 0.2) is 11.6 Å². The van der Waals surface area contributed by atoms with E-state index in [9.17, 15) is 9.50 Å². The summed E-state index contributed by atoms with van der Waals surface area (Å²) in [4.78, 5) is 0. The maximum absolute atomic E-state index is 13.6. The van der Waals surface area contributed by atoms with Crippen molar-refractivity contribution in [1.82, 2.24) is 0 Å². The molecule has 1 aliphatic rings. The van der Waals surface area contributed by atoms with Crippen molar-refractivity contribution in [3.05, 3.63) is 21.9 Å². The Hall–Kier alpha value is -0.770. The minimum Gasteiger partial charge on any atom is -0.504 e. The number of hydrogen-bond donors (Lipinski definition) is 1. The van der Waals surface area contributed by atoms with Crippen LogP contribution in [0.1, 0.15) is 24.3 Å². The van der Waals surface area contributed by atoms with Gasteiger partial charge in [0.2, 0.25) is 0 Å². The highest BCUT2D eigenvalue weighted by Gasteiger charge is 2.32. The van der Waals surface area contributed by atoms with E-state index < -0.39 is 5.82 Å². The van der Waals surface area contributed by atoms with E-state index in [1.807, 2.05) is 0 Å². The highest BCUT2D eigenvalue weighted by molar-refractivity contribution is 9.10. The molecule has 0 atom stereocenters. The molecule has 0 radical (unpaired) electrons. The second-order valence-corrected chi connectivity index (χ2v) is 4.27. The van der Waals surface area contributed by atoms with E-state index in [1.165, 1.54) is 7.11 Å². The number of phenolic OH excluding ortho intramolecular Hbond substituents is 1. The second-order valence-electron chi connectivity index (χ2n) is 3.41. The molecule has 2 rings (SSSR count). The van der Waals surface area contributed by atoms with Crippen LogP contribution >= 0.6 is 15.9 Å². The topological polar surface area (TPSA) is 29.5 Å². The Morgan fingerprint density at radius 1 is 1.57 bits per heavy atom. The summed E-state index contributed by atoms with van der Waals surface area (Å²) in [7, 11) is 1.50. The summed E-state index contributed by atoms with van der Waals surface area (Å²) >= 11 is 3.07. The van der Waals surface area contributed by atoms with E-state index in [2.05, 4.69) is 15.9 Å². The predicted octanol–water partition coefficient (Wildman–Crippen LogP) is 3.18. The average Bonchev–Trinajstić information content (AvgIpc) is 2.97. The molecule has 76 valence electrons. The molecule has 1 aliphatic carbocycles. The fraction of sp³-hybridized carbons (Fsp3) is 0.400. The molecular formula is C10H10BrFO2. The number of ether oxygens (including phenoxy) is 1. The molecule has 0 aromatic heterocycles. The van der Waals surface area contributed by atoms with Crippen LogP contribution < -0.4 is 4.74 Å². The average molecular weight is 261 g/mol. The van der Waals surface area contributed by atoms with Crippen molar-refractivity contribution in [3.8, 4) is 11.5 Å². The molecule has 0 aliphatic heterocycles. The lowest BCUT2D eigenvalue weighted by Crippen LogP contribution is -1.95. The van der Waals surface area contributed by atoms with E-state index in [-0.39, 0.29) is 11.7 Å². The quantitative estimate of drug-likeness (QED) is 0.885. The molecule has 1 aromatic carbocycles. The lowest BCUT2D eigenvalue weighted by atomic mass is 10.1. The number of halogens is 2. The molecular weight excluding hydrogens is 251 g/mol. The van der Waals surface area contributed by atoms with Crippen molar-refractivity contribution in [2.24, 2.45) is 0 Å². The predicted molar refractivity (Wildman–Crippen MR) is 54.3 cm³/mol. The monoisotopic (exact) mass is 260 g/mol. The van der Waals surface area contributed by atoms with Crippen molar-refractivity contribution in [1.29, 1.82) is 0 Å². The molecule has 2 nitrogen and oxygen atoms in total. The zero-order chi connectivity index (χ0) is 10.3. The normalized spacial score (nSPS) is 15.6. The van der Waals surface area contributed by atoms with Crippen molar-refractivity contribution >= 4 is 15.9 Å². The van der Waals surface area contributed by atoms with Crippen LogP contribution in [-0.2, 0) is 0 Å². The number of benzene rings is 1. The van der Waals surface area contributed by atoms with Crippen LogP contribution in [0.4, 0.5) is 4.39 Å². The third-order valence-electron chi connectivity index (χ3n) is 2.40. The molecule has 0 amide bonds. The lowest BCUT2D eigenvalue weighted by Gasteiger charge is -2.11. The maximum Gasteiger partial charge on any atom is 0.173 e. The van der Waals surface area contributed by atoms with Crippen molar-refractivity contribution in [2.75, 3.05) is 7.11 Å². The van der Waals surface area contributed by atoms with Crippen LogP contribution in [0.3, 0.4) is 0 Å². The van der Waals surface area contributed by atoms with Gasteiger partial charge >= 0.3 is 0 Å². The van der Waals surface area contributed by atoms with Gasteiger partial charge in [0.1, 0.15) is 5.75 Å². The van der Waals surface area contributed by atoms with Gasteiger partial charge in [-0.15, -0.1) is 0 Å². The third-order valence-corrected chi connectivity index (χ3v) is 3.00. The first kappa shape index (κ1) is 9.77. The van der Waals surface area contributed by atoms with Crippen LogP contribution in [0.25, 0.3) is 0 Å². The Kier molecular flexibility index (Phi) is 2.39. The summed E-state index contributed by atoms with van der Waals surface area (Å²) < 4.78 is 19.1. The molecule has 0 bridgehead atoms. The minimum absolute atomic E-state index is 0.212. The minimum atomic E-state index is -0.557. The van der Waals surface area contributed by atoms with Crippen LogP contribution in [0.15, 0.2) is 10.5 Å². The Morgan fingerprint density at radius 3 is 2.71 bits per heavy atom. The van der Waals surface area contributed by atoms with Crippen molar-refractivity contribution in [3.63, 3.8) is 0 Å². The Labute approximate surface area is 89.8 Å².